The average molecular weight is 320 g/mol. The lowest BCUT2D eigenvalue weighted by Gasteiger charge is -2.28. The van der Waals surface area contributed by atoms with E-state index in [0.29, 0.717) is 12.0 Å². The van der Waals surface area contributed by atoms with Gasteiger partial charge in [-0.05, 0) is 29.4 Å². The average Bonchev–Trinajstić information content (AvgIpc) is 2.35. The minimum Gasteiger partial charge on any atom is -0.507 e. The standard InChI is InChI=1S/C19H28O4/c1-18(2,3)13-10-12(15(20)8-7-9-16(21)22)11-14(17(13)23)19(4,5)6/h10-11,23H,7-9H2,1-6H3,(H,21,22). The van der Waals surface area contributed by atoms with Gasteiger partial charge in [0.25, 0.3) is 0 Å². The second-order valence-corrected chi connectivity index (χ2v) is 8.09. The molecule has 0 spiro atoms. The van der Waals surface area contributed by atoms with Crippen molar-refractivity contribution in [3.63, 3.8) is 0 Å². The van der Waals surface area contributed by atoms with Crippen molar-refractivity contribution in [1.82, 2.24) is 0 Å². The molecule has 1 rings (SSSR count). The fourth-order valence-corrected chi connectivity index (χ4v) is 2.48. The van der Waals surface area contributed by atoms with E-state index in [-0.39, 0.29) is 35.2 Å². The van der Waals surface area contributed by atoms with Crippen LogP contribution in [0.15, 0.2) is 12.1 Å². The summed E-state index contributed by atoms with van der Waals surface area (Å²) < 4.78 is 0. The summed E-state index contributed by atoms with van der Waals surface area (Å²) in [5.41, 5.74) is 1.45. The molecule has 0 saturated carbocycles. The number of Topliss-reactive ketones (excluding diaryl/α,β-unsaturated/α-hetero) is 1. The molecule has 0 radical (unpaired) electrons. The first-order valence-corrected chi connectivity index (χ1v) is 7.97. The molecule has 0 aliphatic heterocycles. The van der Waals surface area contributed by atoms with Crippen molar-refractivity contribution in [2.45, 2.75) is 71.6 Å². The Bertz CT molecular complexity index is 566. The van der Waals surface area contributed by atoms with Crippen LogP contribution in [0.2, 0.25) is 0 Å². The van der Waals surface area contributed by atoms with Crippen LogP contribution in [0.5, 0.6) is 5.75 Å². The van der Waals surface area contributed by atoms with E-state index in [9.17, 15) is 14.7 Å². The van der Waals surface area contributed by atoms with Gasteiger partial charge >= 0.3 is 5.97 Å². The second kappa shape index (κ2) is 6.73. The summed E-state index contributed by atoms with van der Waals surface area (Å²) in [6, 6.07) is 3.49. The number of carboxylic acid groups (broad SMARTS) is 1. The largest absolute Gasteiger partial charge is 0.507 e. The molecule has 0 unspecified atom stereocenters. The maximum absolute atomic E-state index is 12.4. The summed E-state index contributed by atoms with van der Waals surface area (Å²) >= 11 is 0. The predicted molar refractivity (Wildman–Crippen MR) is 91.3 cm³/mol. The lowest BCUT2D eigenvalue weighted by atomic mass is 9.78. The van der Waals surface area contributed by atoms with E-state index in [1.54, 1.807) is 12.1 Å². The third-order valence-corrected chi connectivity index (χ3v) is 3.84. The smallest absolute Gasteiger partial charge is 0.303 e. The maximum atomic E-state index is 12.4. The molecule has 2 N–H and O–H groups in total. The normalized spacial score (nSPS) is 12.3. The zero-order valence-electron chi connectivity index (χ0n) is 15.0. The number of carboxylic acids is 1. The number of carbonyl (C=O) groups is 2. The molecule has 0 heterocycles. The Balaban J connectivity index is 3.28. The zero-order valence-corrected chi connectivity index (χ0v) is 15.0. The van der Waals surface area contributed by atoms with Crippen LogP contribution in [0.25, 0.3) is 0 Å². The Morgan fingerprint density at radius 2 is 1.35 bits per heavy atom. The van der Waals surface area contributed by atoms with Crippen LogP contribution < -0.4 is 0 Å². The van der Waals surface area contributed by atoms with Crippen LogP contribution in [0.4, 0.5) is 0 Å². The number of aliphatic carboxylic acids is 1. The number of ketones is 1. The van der Waals surface area contributed by atoms with Crippen molar-refractivity contribution in [3.05, 3.63) is 28.8 Å². The highest BCUT2D eigenvalue weighted by molar-refractivity contribution is 5.97. The van der Waals surface area contributed by atoms with Gasteiger partial charge in [0.2, 0.25) is 0 Å². The summed E-state index contributed by atoms with van der Waals surface area (Å²) in [7, 11) is 0. The molecule has 0 aliphatic carbocycles. The summed E-state index contributed by atoms with van der Waals surface area (Å²) in [6.07, 6.45) is 0.511. The van der Waals surface area contributed by atoms with Crippen molar-refractivity contribution in [2.75, 3.05) is 0 Å². The number of benzene rings is 1. The van der Waals surface area contributed by atoms with E-state index in [0.717, 1.165) is 11.1 Å². The van der Waals surface area contributed by atoms with E-state index in [1.807, 2.05) is 41.5 Å². The van der Waals surface area contributed by atoms with E-state index in [4.69, 9.17) is 5.11 Å². The van der Waals surface area contributed by atoms with Crippen molar-refractivity contribution in [1.29, 1.82) is 0 Å². The quantitative estimate of drug-likeness (QED) is 0.787. The molecule has 0 bridgehead atoms. The van der Waals surface area contributed by atoms with Crippen LogP contribution in [0, 0.1) is 0 Å². The van der Waals surface area contributed by atoms with Gasteiger partial charge in [-0.1, -0.05) is 41.5 Å². The molecule has 0 aliphatic rings. The number of hydrogen-bond acceptors (Lipinski definition) is 3. The molecule has 4 nitrogen and oxygen atoms in total. The lowest BCUT2D eigenvalue weighted by Crippen LogP contribution is -2.19. The van der Waals surface area contributed by atoms with Crippen LogP contribution in [-0.4, -0.2) is 22.0 Å². The molecule has 4 heteroatoms. The first-order valence-electron chi connectivity index (χ1n) is 7.97. The SMILES string of the molecule is CC(C)(C)c1cc(C(=O)CCCC(=O)O)cc(C(C)(C)C)c1O. The van der Waals surface area contributed by atoms with Gasteiger partial charge in [0, 0.05) is 29.5 Å². The van der Waals surface area contributed by atoms with Crippen LogP contribution >= 0.6 is 0 Å². The number of carbonyl (C=O) groups excluding carboxylic acids is 1. The summed E-state index contributed by atoms with van der Waals surface area (Å²) in [5.74, 6) is -0.733. The van der Waals surface area contributed by atoms with Gasteiger partial charge in [0.15, 0.2) is 5.78 Å². The van der Waals surface area contributed by atoms with Crippen molar-refractivity contribution in [3.8, 4) is 5.75 Å². The second-order valence-electron chi connectivity index (χ2n) is 8.09. The Kier molecular flexibility index (Phi) is 5.62. The monoisotopic (exact) mass is 320 g/mol. The van der Waals surface area contributed by atoms with Gasteiger partial charge in [-0.2, -0.15) is 0 Å². The number of aromatic hydroxyl groups is 1. The van der Waals surface area contributed by atoms with Gasteiger partial charge in [-0.3, -0.25) is 9.59 Å². The predicted octanol–water partition coefficient (Wildman–Crippen LogP) is 4.42. The van der Waals surface area contributed by atoms with Gasteiger partial charge < -0.3 is 10.2 Å². The minimum atomic E-state index is -0.894. The number of hydrogen-bond donors (Lipinski definition) is 2. The maximum Gasteiger partial charge on any atom is 0.303 e. The van der Waals surface area contributed by atoms with Gasteiger partial charge in [0.05, 0.1) is 0 Å². The van der Waals surface area contributed by atoms with E-state index in [1.165, 1.54) is 0 Å². The van der Waals surface area contributed by atoms with Crippen molar-refractivity contribution in [2.24, 2.45) is 0 Å². The first-order chi connectivity index (χ1) is 10.3. The molecular formula is C19H28O4. The Hall–Kier alpha value is -1.84. The molecule has 0 atom stereocenters. The van der Waals surface area contributed by atoms with E-state index in [2.05, 4.69) is 0 Å². The summed E-state index contributed by atoms with van der Waals surface area (Å²) in [5, 5.41) is 19.3. The van der Waals surface area contributed by atoms with Gasteiger partial charge in [0.1, 0.15) is 5.75 Å². The highest BCUT2D eigenvalue weighted by Gasteiger charge is 2.27. The molecule has 0 saturated heterocycles. The summed E-state index contributed by atoms with van der Waals surface area (Å²) in [6.45, 7) is 12.0. The molecule has 1 aromatic carbocycles. The highest BCUT2D eigenvalue weighted by atomic mass is 16.4. The first kappa shape index (κ1) is 19.2. The molecule has 1 aromatic rings. The molecular weight excluding hydrogens is 292 g/mol. The molecule has 0 aromatic heterocycles. The Morgan fingerprint density at radius 3 is 1.70 bits per heavy atom. The number of rotatable bonds is 5. The van der Waals surface area contributed by atoms with Gasteiger partial charge in [-0.25, -0.2) is 0 Å². The lowest BCUT2D eigenvalue weighted by molar-refractivity contribution is -0.137. The number of phenols is 1. The Labute approximate surface area is 138 Å². The van der Waals surface area contributed by atoms with Crippen molar-refractivity contribution < 1.29 is 19.8 Å². The minimum absolute atomic E-state index is 0.0118. The topological polar surface area (TPSA) is 74.6 Å². The third-order valence-electron chi connectivity index (χ3n) is 3.84. The van der Waals surface area contributed by atoms with Crippen molar-refractivity contribution >= 4 is 11.8 Å². The molecule has 0 amide bonds. The third kappa shape index (κ3) is 5.08. The molecule has 128 valence electrons. The fourth-order valence-electron chi connectivity index (χ4n) is 2.48. The highest BCUT2D eigenvalue weighted by Crippen LogP contribution is 2.40. The number of phenolic OH excluding ortho intramolecular Hbond substituents is 1. The Morgan fingerprint density at radius 1 is 0.913 bits per heavy atom. The summed E-state index contributed by atoms with van der Waals surface area (Å²) in [4.78, 5) is 23.0. The molecule has 23 heavy (non-hydrogen) atoms. The zero-order chi connectivity index (χ0) is 18.0. The van der Waals surface area contributed by atoms with Gasteiger partial charge in [-0.15, -0.1) is 0 Å². The van der Waals surface area contributed by atoms with E-state index < -0.39 is 5.97 Å². The van der Waals surface area contributed by atoms with E-state index >= 15 is 0 Å². The fraction of sp³-hybridized carbons (Fsp3) is 0.579. The van der Waals surface area contributed by atoms with Crippen LogP contribution in [-0.2, 0) is 15.6 Å². The van der Waals surface area contributed by atoms with Crippen LogP contribution in [0.1, 0.15) is 82.3 Å². The molecule has 0 fully saturated rings. The van der Waals surface area contributed by atoms with Crippen LogP contribution in [0.3, 0.4) is 0 Å².